The smallest absolute Gasteiger partial charge is 0.243 e. The highest BCUT2D eigenvalue weighted by Gasteiger charge is 2.56. The zero-order valence-corrected chi connectivity index (χ0v) is 25.3. The first-order chi connectivity index (χ1) is 15.9. The van der Waals surface area contributed by atoms with Gasteiger partial charge in [0.1, 0.15) is 6.73 Å². The largest absolute Gasteiger partial charge is 0.361 e. The fraction of sp³-hybridized carbons (Fsp3) is 0.690. The van der Waals surface area contributed by atoms with E-state index in [2.05, 4.69) is 91.5 Å². The van der Waals surface area contributed by atoms with Crippen molar-refractivity contribution >= 4 is 27.7 Å². The quantitative estimate of drug-likeness (QED) is 0.184. The van der Waals surface area contributed by atoms with Gasteiger partial charge in [0.2, 0.25) is 5.91 Å². The molecule has 1 aromatic carbocycles. The van der Waals surface area contributed by atoms with Crippen LogP contribution in [0.15, 0.2) is 35.9 Å². The number of amides is 1. The van der Waals surface area contributed by atoms with Crippen molar-refractivity contribution in [2.45, 2.75) is 115 Å². The number of hydrogen-bond acceptors (Lipinski definition) is 2. The Morgan fingerprint density at radius 1 is 1.00 bits per heavy atom. The fourth-order valence-corrected chi connectivity index (χ4v) is 14.0. The summed E-state index contributed by atoms with van der Waals surface area (Å²) in [6, 6.07) is 10.8. The van der Waals surface area contributed by atoms with Crippen LogP contribution in [0.4, 0.5) is 5.69 Å². The predicted octanol–water partition coefficient (Wildman–Crippen LogP) is 8.37. The Morgan fingerprint density at radius 3 is 2.21 bits per heavy atom. The van der Waals surface area contributed by atoms with E-state index in [-0.39, 0.29) is 5.91 Å². The topological polar surface area (TPSA) is 29.5 Å². The van der Waals surface area contributed by atoms with E-state index in [4.69, 9.17) is 4.74 Å². The molecule has 34 heavy (non-hydrogen) atoms. The standard InChI is InChI=1S/C29H49NO2Si2/c1-22(2)34(23(3)4,24(5)6)20-25-14-12-13-17-29(25)26-15-10-11-16-27(26)30(28(29)31)21-32-18-19-33(7,8)9/h10-11,14-16,22-24H,12-13,17-21H2,1-9H3. The number of hydrogen-bond donors (Lipinski definition) is 0. The summed E-state index contributed by atoms with van der Waals surface area (Å²) < 4.78 is 6.13. The first-order valence-electron chi connectivity index (χ1n) is 13.6. The van der Waals surface area contributed by atoms with Gasteiger partial charge < -0.3 is 4.74 Å². The van der Waals surface area contributed by atoms with Gasteiger partial charge in [-0.15, -0.1) is 0 Å². The Kier molecular flexibility index (Phi) is 8.41. The van der Waals surface area contributed by atoms with Gasteiger partial charge in [-0.05, 0) is 43.0 Å². The summed E-state index contributed by atoms with van der Waals surface area (Å²) in [5, 5.41) is 0. The number of benzene rings is 1. The van der Waals surface area contributed by atoms with Crippen molar-refractivity contribution in [2.75, 3.05) is 18.2 Å². The van der Waals surface area contributed by atoms with Crippen molar-refractivity contribution in [2.24, 2.45) is 0 Å². The summed E-state index contributed by atoms with van der Waals surface area (Å²) in [4.78, 5) is 16.3. The van der Waals surface area contributed by atoms with Crippen LogP contribution in [0.5, 0.6) is 0 Å². The van der Waals surface area contributed by atoms with Gasteiger partial charge in [-0.2, -0.15) is 0 Å². The first-order valence-corrected chi connectivity index (χ1v) is 19.7. The molecule has 1 unspecified atom stereocenters. The predicted molar refractivity (Wildman–Crippen MR) is 152 cm³/mol. The molecule has 190 valence electrons. The molecule has 2 aliphatic rings. The molecule has 3 rings (SSSR count). The molecule has 0 saturated carbocycles. The van der Waals surface area contributed by atoms with Crippen LogP contribution < -0.4 is 4.90 Å². The van der Waals surface area contributed by atoms with Gasteiger partial charge >= 0.3 is 0 Å². The zero-order valence-electron chi connectivity index (χ0n) is 23.3. The second-order valence-electron chi connectivity index (χ2n) is 12.9. The summed E-state index contributed by atoms with van der Waals surface area (Å²) in [5.41, 5.74) is 5.26. The number of fused-ring (bicyclic) bond motifs is 2. The molecule has 0 aromatic heterocycles. The fourth-order valence-electron chi connectivity index (χ4n) is 6.88. The molecule has 5 heteroatoms. The monoisotopic (exact) mass is 499 g/mol. The summed E-state index contributed by atoms with van der Waals surface area (Å²) in [6.45, 7) is 22.8. The molecule has 3 nitrogen and oxygen atoms in total. The number of carbonyl (C=O) groups is 1. The van der Waals surface area contributed by atoms with Crippen molar-refractivity contribution in [1.29, 1.82) is 0 Å². The highest BCUT2D eigenvalue weighted by atomic mass is 28.3. The van der Waals surface area contributed by atoms with Crippen LogP contribution in [-0.4, -0.2) is 35.4 Å². The van der Waals surface area contributed by atoms with Crippen LogP contribution in [0, 0.1) is 0 Å². The molecular formula is C29H49NO2Si2. The molecule has 1 atom stereocenters. The van der Waals surface area contributed by atoms with Crippen molar-refractivity contribution in [1.82, 2.24) is 0 Å². The van der Waals surface area contributed by atoms with E-state index in [1.54, 1.807) is 0 Å². The summed E-state index contributed by atoms with van der Waals surface area (Å²) in [5.74, 6) is 0.256. The third kappa shape index (κ3) is 4.90. The molecule has 1 aliphatic carbocycles. The Morgan fingerprint density at radius 2 is 1.62 bits per heavy atom. The van der Waals surface area contributed by atoms with Crippen LogP contribution in [0.3, 0.4) is 0 Å². The third-order valence-corrected chi connectivity index (χ3v) is 18.0. The lowest BCUT2D eigenvalue weighted by Gasteiger charge is -2.47. The molecule has 0 radical (unpaired) electrons. The summed E-state index contributed by atoms with van der Waals surface area (Å²) in [6.07, 6.45) is 5.56. The van der Waals surface area contributed by atoms with Crippen LogP contribution in [0.2, 0.25) is 48.4 Å². The molecule has 0 saturated heterocycles. The van der Waals surface area contributed by atoms with Crippen LogP contribution in [0.25, 0.3) is 0 Å². The van der Waals surface area contributed by atoms with E-state index < -0.39 is 21.6 Å². The van der Waals surface area contributed by atoms with E-state index in [1.165, 1.54) is 11.1 Å². The number of anilines is 1. The molecule has 1 aromatic rings. The van der Waals surface area contributed by atoms with E-state index in [0.717, 1.165) is 43.6 Å². The maximum Gasteiger partial charge on any atom is 0.243 e. The van der Waals surface area contributed by atoms with Gasteiger partial charge in [0.15, 0.2) is 0 Å². The van der Waals surface area contributed by atoms with Gasteiger partial charge in [0, 0.05) is 14.7 Å². The van der Waals surface area contributed by atoms with Gasteiger partial charge in [-0.3, -0.25) is 9.69 Å². The maximum atomic E-state index is 14.4. The highest BCUT2D eigenvalue weighted by Crippen LogP contribution is 2.56. The second-order valence-corrected chi connectivity index (χ2v) is 24.5. The first kappa shape index (κ1) is 27.4. The molecule has 1 amide bonds. The Balaban J connectivity index is 2.00. The van der Waals surface area contributed by atoms with E-state index in [9.17, 15) is 4.79 Å². The lowest BCUT2D eigenvalue weighted by molar-refractivity contribution is -0.123. The summed E-state index contributed by atoms with van der Waals surface area (Å²) >= 11 is 0. The average molecular weight is 500 g/mol. The SMILES string of the molecule is CC(C)[Si](CC1=CCCCC12C(=O)N(COCC[Si](C)(C)C)c1ccccc12)(C(C)C)C(C)C. The average Bonchev–Trinajstić information content (AvgIpc) is 2.98. The summed E-state index contributed by atoms with van der Waals surface area (Å²) in [7, 11) is -2.86. The third-order valence-electron chi connectivity index (χ3n) is 8.90. The van der Waals surface area contributed by atoms with Gasteiger partial charge in [-0.1, -0.05) is 108 Å². The minimum atomic E-state index is -1.70. The van der Waals surface area contributed by atoms with E-state index in [1.807, 2.05) is 4.90 Å². The van der Waals surface area contributed by atoms with E-state index in [0.29, 0.717) is 23.4 Å². The number of para-hydroxylation sites is 1. The Labute approximate surface area is 211 Å². The number of allylic oxidation sites excluding steroid dienone is 1. The van der Waals surface area contributed by atoms with Crippen LogP contribution in [0.1, 0.15) is 66.4 Å². The van der Waals surface area contributed by atoms with Crippen molar-refractivity contribution < 1.29 is 9.53 Å². The minimum Gasteiger partial charge on any atom is -0.361 e. The van der Waals surface area contributed by atoms with Crippen molar-refractivity contribution in [3.8, 4) is 0 Å². The highest BCUT2D eigenvalue weighted by molar-refractivity contribution is 6.84. The normalized spacial score (nSPS) is 21.2. The van der Waals surface area contributed by atoms with Gasteiger partial charge in [0.25, 0.3) is 0 Å². The Bertz CT molecular complexity index is 878. The molecular weight excluding hydrogens is 450 g/mol. The molecule has 0 fully saturated rings. The van der Waals surface area contributed by atoms with Gasteiger partial charge in [-0.25, -0.2) is 0 Å². The van der Waals surface area contributed by atoms with Crippen LogP contribution in [-0.2, 0) is 14.9 Å². The minimum absolute atomic E-state index is 0.256. The number of nitrogens with zero attached hydrogens (tertiary/aromatic N) is 1. The lowest BCUT2D eigenvalue weighted by atomic mass is 9.69. The molecule has 1 spiro atoms. The molecule has 0 N–H and O–H groups in total. The van der Waals surface area contributed by atoms with Crippen molar-refractivity contribution in [3.63, 3.8) is 0 Å². The van der Waals surface area contributed by atoms with Crippen molar-refractivity contribution in [3.05, 3.63) is 41.5 Å². The van der Waals surface area contributed by atoms with Crippen LogP contribution >= 0.6 is 0 Å². The molecule has 1 aliphatic heterocycles. The number of rotatable bonds is 10. The molecule has 0 bridgehead atoms. The Hall–Kier alpha value is -1.18. The van der Waals surface area contributed by atoms with E-state index >= 15 is 0 Å². The number of carbonyl (C=O) groups excluding carboxylic acids is 1. The van der Waals surface area contributed by atoms with Gasteiger partial charge in [0.05, 0.1) is 19.2 Å². The maximum absolute atomic E-state index is 14.4. The molecule has 1 heterocycles. The number of ether oxygens (including phenoxy) is 1. The second kappa shape index (κ2) is 10.4. The lowest BCUT2D eigenvalue weighted by Crippen LogP contribution is -2.49. The zero-order chi connectivity index (χ0) is 25.3.